The number of hydrogen-bond acceptors (Lipinski definition) is 7. The molecule has 394 valence electrons. The monoisotopic (exact) mass is 1000 g/mol. The van der Waals surface area contributed by atoms with Crippen LogP contribution >= 0.6 is 0 Å². The van der Waals surface area contributed by atoms with Crippen molar-refractivity contribution < 1.29 is 29.1 Å². The second kappa shape index (κ2) is 23.0. The van der Waals surface area contributed by atoms with E-state index in [0.29, 0.717) is 0 Å². The fourth-order valence-corrected chi connectivity index (χ4v) is 12.0. The van der Waals surface area contributed by atoms with Gasteiger partial charge in [-0.3, -0.25) is 9.78 Å². The van der Waals surface area contributed by atoms with Gasteiger partial charge in [-0.1, -0.05) is 156 Å². The summed E-state index contributed by atoms with van der Waals surface area (Å²) >= 11 is 0. The van der Waals surface area contributed by atoms with E-state index in [0.717, 1.165) is 99.2 Å². The van der Waals surface area contributed by atoms with E-state index in [1.807, 2.05) is 24.4 Å². The number of ether oxygens (including phenoxy) is 1. The molecule has 3 aliphatic rings. The zero-order valence-electron chi connectivity index (χ0n) is 47.2. The van der Waals surface area contributed by atoms with E-state index in [9.17, 15) is 15.0 Å². The van der Waals surface area contributed by atoms with Crippen LogP contribution in [0, 0.1) is 27.7 Å². The van der Waals surface area contributed by atoms with Gasteiger partial charge in [0.2, 0.25) is 0 Å². The standard InChI is InChI=1S/C34H41NO3.C32H45BO3/c1-6-34(7-2,29-11-10-27(24(3)18-29)14-17-33(37)15-8-9-16-33)30-12-13-31(25(4)19-30)28-20-26(22-35-23-28)21-32(36)38-5;1-9-32(10-2,26-14-13-25(23(3)21-26)17-20-31(34)18-11-12-19-31)27-15-16-28(24(4)22-27)33-35-29(5,6)30(7,8)36-33/h10-14,17-20,22-23,37H,6-9,15-16,21H2,1-5H3;13-17,20-22,34H,9-12,18-19H2,1-8H3/b17-14+;20-17+. The van der Waals surface area contributed by atoms with E-state index in [4.69, 9.17) is 14.0 Å². The van der Waals surface area contributed by atoms with Gasteiger partial charge in [0.25, 0.3) is 0 Å². The van der Waals surface area contributed by atoms with Gasteiger partial charge in [0.15, 0.2) is 0 Å². The Labute approximate surface area is 445 Å². The molecule has 4 aromatic carbocycles. The summed E-state index contributed by atoms with van der Waals surface area (Å²) in [6.07, 6.45) is 23.9. The van der Waals surface area contributed by atoms with Gasteiger partial charge in [0.05, 0.1) is 35.9 Å². The molecule has 1 aliphatic heterocycles. The first-order valence-corrected chi connectivity index (χ1v) is 27.7. The average Bonchev–Trinajstić information content (AvgIpc) is 4.08. The van der Waals surface area contributed by atoms with Crippen LogP contribution in [0.5, 0.6) is 0 Å². The van der Waals surface area contributed by atoms with Crippen LogP contribution in [0.3, 0.4) is 0 Å². The molecule has 8 rings (SSSR count). The van der Waals surface area contributed by atoms with Crippen molar-refractivity contribution in [1.29, 1.82) is 0 Å². The molecule has 1 saturated heterocycles. The highest BCUT2D eigenvalue weighted by atomic mass is 16.7. The summed E-state index contributed by atoms with van der Waals surface area (Å²) in [6, 6.07) is 29.3. The molecule has 0 radical (unpaired) electrons. The molecule has 5 aromatic rings. The van der Waals surface area contributed by atoms with Crippen molar-refractivity contribution in [2.45, 2.75) is 200 Å². The van der Waals surface area contributed by atoms with Crippen LogP contribution in [0.15, 0.2) is 103 Å². The van der Waals surface area contributed by atoms with Crippen molar-refractivity contribution in [3.8, 4) is 11.1 Å². The van der Waals surface area contributed by atoms with E-state index in [1.165, 1.54) is 62.7 Å². The Morgan fingerprint density at radius 2 is 1.03 bits per heavy atom. The van der Waals surface area contributed by atoms with Crippen molar-refractivity contribution in [2.75, 3.05) is 7.11 Å². The number of esters is 1. The lowest BCUT2D eigenvalue weighted by atomic mass is 9.68. The Morgan fingerprint density at radius 1 is 0.608 bits per heavy atom. The SMILES string of the molecule is CCC(CC)(c1ccc(/C=C/C2(O)CCCC2)c(C)c1)c1ccc(-c2cncc(CC(=O)OC)c2)c(C)c1.CCC(CC)(c1ccc(/C=C/C2(O)CCCC2)c(C)c1)c1ccc(B2OC(C)(C)C(C)(C)O2)c(C)c1. The van der Waals surface area contributed by atoms with Gasteiger partial charge >= 0.3 is 13.1 Å². The van der Waals surface area contributed by atoms with Crippen molar-refractivity contribution in [1.82, 2.24) is 4.98 Å². The number of aromatic nitrogens is 1. The smallest absolute Gasteiger partial charge is 0.469 e. The maximum Gasteiger partial charge on any atom is 0.495 e. The van der Waals surface area contributed by atoms with Gasteiger partial charge in [-0.05, 0) is 179 Å². The fourth-order valence-electron chi connectivity index (χ4n) is 12.0. The minimum Gasteiger partial charge on any atom is -0.469 e. The molecular formula is C66H86BNO6. The van der Waals surface area contributed by atoms with Crippen molar-refractivity contribution in [2.24, 2.45) is 0 Å². The van der Waals surface area contributed by atoms with Crippen LogP contribution in [0.25, 0.3) is 23.3 Å². The number of aryl methyl sites for hydroxylation is 4. The number of pyridine rings is 1. The molecule has 2 aliphatic carbocycles. The number of nitrogens with zero attached hydrogens (tertiary/aromatic N) is 1. The number of benzene rings is 4. The predicted octanol–water partition coefficient (Wildman–Crippen LogP) is 14.5. The number of carbonyl (C=O) groups excluding carboxylic acids is 1. The summed E-state index contributed by atoms with van der Waals surface area (Å²) in [5.41, 5.74) is 14.5. The third kappa shape index (κ3) is 11.9. The Balaban J connectivity index is 0.000000217. The van der Waals surface area contributed by atoms with E-state index in [2.05, 4.69) is 173 Å². The maximum atomic E-state index is 11.7. The zero-order chi connectivity index (χ0) is 53.7. The van der Waals surface area contributed by atoms with E-state index in [1.54, 1.807) is 6.20 Å². The Kier molecular flexibility index (Phi) is 17.6. The van der Waals surface area contributed by atoms with Crippen LogP contribution in [0.4, 0.5) is 0 Å². The fraction of sp³-hybridized carbons (Fsp3) is 0.485. The topological polar surface area (TPSA) is 98.1 Å². The largest absolute Gasteiger partial charge is 0.495 e. The molecule has 0 spiro atoms. The molecule has 2 N–H and O–H groups in total. The van der Waals surface area contributed by atoms with Crippen LogP contribution < -0.4 is 5.46 Å². The summed E-state index contributed by atoms with van der Waals surface area (Å²) in [5, 5.41) is 21.5. The molecule has 2 heterocycles. The van der Waals surface area contributed by atoms with Gasteiger partial charge in [-0.2, -0.15) is 0 Å². The van der Waals surface area contributed by atoms with Crippen molar-refractivity contribution in [3.63, 3.8) is 0 Å². The summed E-state index contributed by atoms with van der Waals surface area (Å²) in [7, 11) is 1.06. The maximum absolute atomic E-state index is 11.7. The third-order valence-corrected chi connectivity index (χ3v) is 17.9. The Hall–Kier alpha value is -5.12. The van der Waals surface area contributed by atoms with Crippen LogP contribution in [-0.2, 0) is 36.1 Å². The lowest BCUT2D eigenvalue weighted by molar-refractivity contribution is -0.139. The summed E-state index contributed by atoms with van der Waals surface area (Å²) in [5.74, 6) is -0.266. The molecule has 0 bridgehead atoms. The molecule has 74 heavy (non-hydrogen) atoms. The van der Waals surface area contributed by atoms with Gasteiger partial charge in [0.1, 0.15) is 0 Å². The van der Waals surface area contributed by atoms with E-state index < -0.39 is 11.2 Å². The number of rotatable bonds is 16. The average molecular weight is 1000 g/mol. The molecule has 7 nitrogen and oxygen atoms in total. The van der Waals surface area contributed by atoms with Gasteiger partial charge in [0, 0.05) is 28.8 Å². The molecule has 0 unspecified atom stereocenters. The zero-order valence-corrected chi connectivity index (χ0v) is 47.2. The molecule has 3 fully saturated rings. The highest BCUT2D eigenvalue weighted by Crippen LogP contribution is 2.44. The van der Waals surface area contributed by atoms with Gasteiger partial charge in [-0.15, -0.1) is 0 Å². The number of methoxy groups -OCH3 is 1. The minimum absolute atomic E-state index is 0.0596. The van der Waals surface area contributed by atoms with Crippen LogP contribution in [0.1, 0.15) is 194 Å². The van der Waals surface area contributed by atoms with E-state index >= 15 is 0 Å². The second-order valence-corrected chi connectivity index (χ2v) is 23.0. The van der Waals surface area contributed by atoms with Crippen molar-refractivity contribution in [3.05, 3.63) is 165 Å². The van der Waals surface area contributed by atoms with E-state index in [-0.39, 0.29) is 41.5 Å². The lowest BCUT2D eigenvalue weighted by Gasteiger charge is -2.34. The Bertz CT molecular complexity index is 2800. The molecule has 0 amide bonds. The summed E-state index contributed by atoms with van der Waals surface area (Å²) < 4.78 is 17.5. The van der Waals surface area contributed by atoms with Crippen LogP contribution in [-0.4, -0.2) is 57.8 Å². The molecule has 8 heteroatoms. The third-order valence-electron chi connectivity index (χ3n) is 17.9. The Morgan fingerprint density at radius 3 is 1.43 bits per heavy atom. The first-order chi connectivity index (χ1) is 35.1. The second-order valence-electron chi connectivity index (χ2n) is 23.0. The number of hydrogen-bond donors (Lipinski definition) is 2. The molecule has 0 atom stereocenters. The van der Waals surface area contributed by atoms with Gasteiger partial charge in [-0.25, -0.2) is 0 Å². The number of carbonyl (C=O) groups is 1. The highest BCUT2D eigenvalue weighted by Gasteiger charge is 2.52. The number of aliphatic hydroxyl groups is 2. The normalized spacial score (nSPS) is 18.0. The summed E-state index contributed by atoms with van der Waals surface area (Å²) in [6.45, 7) is 26.2. The highest BCUT2D eigenvalue weighted by molar-refractivity contribution is 6.62. The predicted molar refractivity (Wildman–Crippen MR) is 307 cm³/mol. The van der Waals surface area contributed by atoms with Crippen molar-refractivity contribution >= 4 is 30.7 Å². The first kappa shape index (κ1) is 56.6. The molecule has 2 saturated carbocycles. The lowest BCUT2D eigenvalue weighted by Crippen LogP contribution is -2.41. The molecule has 1 aromatic heterocycles. The minimum atomic E-state index is -0.644. The van der Waals surface area contributed by atoms with Gasteiger partial charge < -0.3 is 24.3 Å². The molecular weight excluding hydrogens is 914 g/mol. The van der Waals surface area contributed by atoms with Crippen LogP contribution in [0.2, 0.25) is 0 Å². The quantitative estimate of drug-likeness (QED) is 0.0750. The summed E-state index contributed by atoms with van der Waals surface area (Å²) in [4.78, 5) is 16.1. The first-order valence-electron chi connectivity index (χ1n) is 27.7.